The van der Waals surface area contributed by atoms with Gasteiger partial charge in [0.25, 0.3) is 10.5 Å². The summed E-state index contributed by atoms with van der Waals surface area (Å²) in [4.78, 5) is 41.4. The van der Waals surface area contributed by atoms with Gasteiger partial charge in [0.1, 0.15) is 0 Å². The van der Waals surface area contributed by atoms with Gasteiger partial charge >= 0.3 is 11.9 Å². The van der Waals surface area contributed by atoms with E-state index in [0.717, 1.165) is 0 Å². The van der Waals surface area contributed by atoms with Crippen LogP contribution in [-0.4, -0.2) is 35.6 Å². The lowest BCUT2D eigenvalue weighted by molar-refractivity contribution is -0.168. The van der Waals surface area contributed by atoms with Crippen LogP contribution in [0.2, 0.25) is 0 Å². The summed E-state index contributed by atoms with van der Waals surface area (Å²) in [6, 6.07) is 0. The van der Waals surface area contributed by atoms with Crippen LogP contribution in [0, 0.1) is 0 Å². The van der Waals surface area contributed by atoms with Gasteiger partial charge in [-0.15, -0.1) is 0 Å². The molecule has 0 aliphatic rings. The molecule has 0 spiro atoms. The van der Waals surface area contributed by atoms with Gasteiger partial charge in [-0.3, -0.25) is 9.59 Å². The van der Waals surface area contributed by atoms with Crippen LogP contribution in [-0.2, 0) is 28.7 Å². The van der Waals surface area contributed by atoms with Gasteiger partial charge in [0, 0.05) is 0 Å². The summed E-state index contributed by atoms with van der Waals surface area (Å²) in [5.74, 6) is -2.84. The molecule has 78 valence electrons. The SMILES string of the molecule is O=C(Cl)COC(=O)C(=O)OCC(=O)Cl. The van der Waals surface area contributed by atoms with Crippen molar-refractivity contribution >= 4 is 45.6 Å². The van der Waals surface area contributed by atoms with Crippen LogP contribution in [0.3, 0.4) is 0 Å². The third-order valence-electron chi connectivity index (χ3n) is 0.800. The maximum Gasteiger partial charge on any atom is 0.417 e. The fourth-order valence-corrected chi connectivity index (χ4v) is 0.472. The molecule has 0 amide bonds. The van der Waals surface area contributed by atoms with E-state index in [1.807, 2.05) is 0 Å². The molecule has 0 aromatic carbocycles. The van der Waals surface area contributed by atoms with Gasteiger partial charge in [-0.05, 0) is 23.2 Å². The van der Waals surface area contributed by atoms with Gasteiger partial charge in [-0.25, -0.2) is 9.59 Å². The highest BCUT2D eigenvalue weighted by Gasteiger charge is 2.18. The number of carbonyl (C=O) groups excluding carboxylic acids is 4. The molecular weight excluding hydrogens is 239 g/mol. The molecule has 14 heavy (non-hydrogen) atoms. The first kappa shape index (κ1) is 12.9. The minimum Gasteiger partial charge on any atom is -0.448 e. The zero-order chi connectivity index (χ0) is 11.1. The van der Waals surface area contributed by atoms with E-state index in [4.69, 9.17) is 23.2 Å². The van der Waals surface area contributed by atoms with E-state index in [9.17, 15) is 19.2 Å². The topological polar surface area (TPSA) is 86.7 Å². The third kappa shape index (κ3) is 6.38. The van der Waals surface area contributed by atoms with Crippen LogP contribution in [0.4, 0.5) is 0 Å². The number of ether oxygens (including phenoxy) is 2. The summed E-state index contributed by atoms with van der Waals surface area (Å²) in [7, 11) is 0. The van der Waals surface area contributed by atoms with Crippen LogP contribution in [0.5, 0.6) is 0 Å². The number of hydrogen-bond acceptors (Lipinski definition) is 6. The number of carbonyl (C=O) groups is 4. The molecule has 0 aromatic heterocycles. The predicted octanol–water partition coefficient (Wildman–Crippen LogP) is -0.396. The smallest absolute Gasteiger partial charge is 0.417 e. The molecule has 0 radical (unpaired) electrons. The molecule has 0 bridgehead atoms. The van der Waals surface area contributed by atoms with Crippen molar-refractivity contribution in [3.05, 3.63) is 0 Å². The molecule has 0 heterocycles. The summed E-state index contributed by atoms with van der Waals surface area (Å²) in [5, 5.41) is -1.89. The highest BCUT2D eigenvalue weighted by Crippen LogP contribution is 1.89. The summed E-state index contributed by atoms with van der Waals surface area (Å²) in [5.41, 5.74) is 0. The molecule has 0 saturated heterocycles. The summed E-state index contributed by atoms with van der Waals surface area (Å²) in [6.07, 6.45) is 0. The standard InChI is InChI=1S/C6H4Cl2O6/c7-3(9)1-13-5(11)6(12)14-2-4(8)10/h1-2H2. The number of esters is 2. The van der Waals surface area contributed by atoms with Crippen molar-refractivity contribution < 1.29 is 28.7 Å². The Kier molecular flexibility index (Phi) is 5.82. The lowest BCUT2D eigenvalue weighted by Gasteiger charge is -2.00. The van der Waals surface area contributed by atoms with E-state index >= 15 is 0 Å². The molecule has 0 aromatic rings. The second kappa shape index (κ2) is 6.33. The van der Waals surface area contributed by atoms with Crippen molar-refractivity contribution in [1.29, 1.82) is 0 Å². The first-order valence-electron chi connectivity index (χ1n) is 3.14. The summed E-state index contributed by atoms with van der Waals surface area (Å²) < 4.78 is 8.10. The van der Waals surface area contributed by atoms with Gasteiger partial charge < -0.3 is 9.47 Å². The van der Waals surface area contributed by atoms with Gasteiger partial charge in [0.15, 0.2) is 13.2 Å². The van der Waals surface area contributed by atoms with Crippen LogP contribution in [0.15, 0.2) is 0 Å². The first-order chi connectivity index (χ1) is 6.43. The Morgan fingerprint density at radius 1 is 0.786 bits per heavy atom. The van der Waals surface area contributed by atoms with Crippen molar-refractivity contribution in [1.82, 2.24) is 0 Å². The monoisotopic (exact) mass is 242 g/mol. The number of halogens is 2. The first-order valence-corrected chi connectivity index (χ1v) is 3.89. The normalized spacial score (nSPS) is 9.00. The maximum atomic E-state index is 10.6. The Balaban J connectivity index is 3.82. The van der Waals surface area contributed by atoms with Crippen molar-refractivity contribution in [3.8, 4) is 0 Å². The van der Waals surface area contributed by atoms with Crippen LogP contribution in [0.1, 0.15) is 0 Å². The van der Waals surface area contributed by atoms with Gasteiger partial charge in [-0.2, -0.15) is 0 Å². The number of hydrogen-bond donors (Lipinski definition) is 0. The van der Waals surface area contributed by atoms with E-state index in [1.165, 1.54) is 0 Å². The highest BCUT2D eigenvalue weighted by atomic mass is 35.5. The second-order valence-electron chi connectivity index (χ2n) is 1.86. The summed E-state index contributed by atoms with van der Waals surface area (Å²) in [6.45, 7) is -1.49. The molecule has 0 fully saturated rings. The Hall–Kier alpha value is -1.14. The molecule has 0 aliphatic carbocycles. The molecule has 0 N–H and O–H groups in total. The molecule has 6 nitrogen and oxygen atoms in total. The fourth-order valence-electron chi connectivity index (χ4n) is 0.362. The molecule has 0 rings (SSSR count). The minimum absolute atomic E-state index is 0.746. The van der Waals surface area contributed by atoms with Crippen LogP contribution in [0.25, 0.3) is 0 Å². The molecule has 0 saturated carbocycles. The zero-order valence-corrected chi connectivity index (χ0v) is 8.13. The van der Waals surface area contributed by atoms with Crippen molar-refractivity contribution in [2.45, 2.75) is 0 Å². The maximum absolute atomic E-state index is 10.6. The van der Waals surface area contributed by atoms with Crippen molar-refractivity contribution in [2.24, 2.45) is 0 Å². The highest BCUT2D eigenvalue weighted by molar-refractivity contribution is 6.64. The van der Waals surface area contributed by atoms with Gasteiger partial charge in [0.2, 0.25) is 0 Å². The quantitative estimate of drug-likeness (QED) is 0.379. The average Bonchev–Trinajstić information content (AvgIpc) is 2.09. The Morgan fingerprint density at radius 2 is 1.07 bits per heavy atom. The van der Waals surface area contributed by atoms with Crippen LogP contribution >= 0.6 is 23.2 Å². The molecule has 0 aliphatic heterocycles. The molecule has 0 unspecified atom stereocenters. The van der Waals surface area contributed by atoms with E-state index in [2.05, 4.69) is 9.47 Å². The van der Waals surface area contributed by atoms with E-state index in [0.29, 0.717) is 0 Å². The lowest BCUT2D eigenvalue weighted by Crippen LogP contribution is -2.23. The van der Waals surface area contributed by atoms with Gasteiger partial charge in [0.05, 0.1) is 0 Å². The summed E-state index contributed by atoms with van der Waals surface area (Å²) >= 11 is 9.62. The Bertz CT molecular complexity index is 245. The van der Waals surface area contributed by atoms with E-state index in [1.54, 1.807) is 0 Å². The molecular formula is C6H4Cl2O6. The largest absolute Gasteiger partial charge is 0.448 e. The fraction of sp³-hybridized carbons (Fsp3) is 0.333. The van der Waals surface area contributed by atoms with Crippen LogP contribution < -0.4 is 0 Å². The third-order valence-corrected chi connectivity index (χ3v) is 1.02. The number of rotatable bonds is 4. The van der Waals surface area contributed by atoms with E-state index < -0.39 is 35.6 Å². The van der Waals surface area contributed by atoms with Crippen molar-refractivity contribution in [3.63, 3.8) is 0 Å². The van der Waals surface area contributed by atoms with E-state index in [-0.39, 0.29) is 0 Å². The Labute approximate surface area is 88.0 Å². The lowest BCUT2D eigenvalue weighted by atomic mass is 10.6. The predicted molar refractivity (Wildman–Crippen MR) is 43.6 cm³/mol. The average molecular weight is 243 g/mol. The van der Waals surface area contributed by atoms with Crippen molar-refractivity contribution in [2.75, 3.05) is 13.2 Å². The Morgan fingerprint density at radius 3 is 1.29 bits per heavy atom. The minimum atomic E-state index is -1.42. The zero-order valence-electron chi connectivity index (χ0n) is 6.62. The molecule has 8 heteroatoms. The second-order valence-corrected chi connectivity index (χ2v) is 2.71. The van der Waals surface area contributed by atoms with Gasteiger partial charge in [-0.1, -0.05) is 0 Å². The molecule has 0 atom stereocenters.